The molecular weight excluding hydrogens is 340 g/mol. The third-order valence-corrected chi connectivity index (χ3v) is 5.16. The summed E-state index contributed by atoms with van der Waals surface area (Å²) in [6.07, 6.45) is 0. The maximum atomic E-state index is 12.5. The van der Waals surface area contributed by atoms with E-state index in [4.69, 9.17) is 0 Å². The molecule has 0 atom stereocenters. The van der Waals surface area contributed by atoms with Crippen molar-refractivity contribution in [2.45, 2.75) is 0 Å². The molecule has 1 saturated heterocycles. The first-order valence-corrected chi connectivity index (χ1v) is 9.10. The van der Waals surface area contributed by atoms with Gasteiger partial charge in [0, 0.05) is 31.9 Å². The number of aromatic nitrogens is 4. The van der Waals surface area contributed by atoms with E-state index in [1.165, 1.54) is 5.69 Å². The average molecular weight is 360 g/mol. The highest BCUT2D eigenvalue weighted by Gasteiger charge is 2.16. The molecule has 7 heteroatoms. The molecule has 2 aromatic carbocycles. The zero-order valence-corrected chi connectivity index (χ0v) is 15.1. The second-order valence-corrected chi connectivity index (χ2v) is 7.01. The van der Waals surface area contributed by atoms with Gasteiger partial charge in [-0.25, -0.2) is 9.97 Å². The van der Waals surface area contributed by atoms with Crippen molar-refractivity contribution in [2.75, 3.05) is 38.1 Å². The Kier molecular flexibility index (Phi) is 3.68. The number of nitrogens with zero attached hydrogens (tertiary/aromatic N) is 4. The minimum absolute atomic E-state index is 0.243. The Morgan fingerprint density at radius 3 is 2.52 bits per heavy atom. The van der Waals surface area contributed by atoms with E-state index in [0.29, 0.717) is 11.5 Å². The van der Waals surface area contributed by atoms with Crippen LogP contribution in [0.2, 0.25) is 0 Å². The first kappa shape index (κ1) is 16.0. The molecule has 2 N–H and O–H groups in total. The number of para-hydroxylation sites is 2. The summed E-state index contributed by atoms with van der Waals surface area (Å²) in [7, 11) is 2.15. The van der Waals surface area contributed by atoms with Crippen LogP contribution in [0.1, 0.15) is 0 Å². The van der Waals surface area contributed by atoms with Gasteiger partial charge in [-0.3, -0.25) is 4.79 Å². The molecule has 0 radical (unpaired) electrons. The van der Waals surface area contributed by atoms with Gasteiger partial charge in [-0.05, 0) is 37.4 Å². The molecule has 136 valence electrons. The van der Waals surface area contributed by atoms with Crippen molar-refractivity contribution in [3.05, 3.63) is 52.8 Å². The standard InChI is InChI=1S/C20H20N6O/c1-25-8-10-26(11-9-25)13-6-7-16-17(12-13)23-19(22-16)18-20(27)24-15-5-3-2-4-14(15)21-18/h2-7,12H,8-11H2,1H3,(H,22,23)(H,24,27). The number of anilines is 1. The van der Waals surface area contributed by atoms with Crippen LogP contribution in [0.4, 0.5) is 5.69 Å². The Balaban J connectivity index is 1.55. The van der Waals surface area contributed by atoms with Crippen molar-refractivity contribution in [1.82, 2.24) is 24.8 Å². The Hall–Kier alpha value is -3.19. The van der Waals surface area contributed by atoms with E-state index in [2.05, 4.69) is 48.9 Å². The lowest BCUT2D eigenvalue weighted by molar-refractivity contribution is 0.313. The van der Waals surface area contributed by atoms with Crippen molar-refractivity contribution < 1.29 is 0 Å². The van der Waals surface area contributed by atoms with E-state index >= 15 is 0 Å². The Morgan fingerprint density at radius 1 is 0.889 bits per heavy atom. The number of hydrogen-bond donors (Lipinski definition) is 2. The molecule has 0 spiro atoms. The van der Waals surface area contributed by atoms with Crippen LogP contribution >= 0.6 is 0 Å². The van der Waals surface area contributed by atoms with Crippen LogP contribution in [0, 0.1) is 0 Å². The number of nitrogens with one attached hydrogen (secondary N) is 2. The molecule has 0 aliphatic carbocycles. The molecule has 1 aliphatic rings. The van der Waals surface area contributed by atoms with Crippen molar-refractivity contribution >= 4 is 27.8 Å². The summed E-state index contributed by atoms with van der Waals surface area (Å²) >= 11 is 0. The summed E-state index contributed by atoms with van der Waals surface area (Å²) in [5.41, 5.74) is 4.45. The van der Waals surface area contributed by atoms with Gasteiger partial charge < -0.3 is 19.8 Å². The lowest BCUT2D eigenvalue weighted by Crippen LogP contribution is -2.44. The average Bonchev–Trinajstić information content (AvgIpc) is 3.11. The molecule has 5 rings (SSSR count). The molecule has 4 aromatic rings. The maximum absolute atomic E-state index is 12.5. The van der Waals surface area contributed by atoms with E-state index in [0.717, 1.165) is 48.2 Å². The van der Waals surface area contributed by atoms with Gasteiger partial charge in [0.15, 0.2) is 11.5 Å². The van der Waals surface area contributed by atoms with Crippen molar-refractivity contribution in [1.29, 1.82) is 0 Å². The SMILES string of the molecule is CN1CCN(c2ccc3nc(-c4nc5ccccc5[nH]c4=O)[nH]c3c2)CC1. The number of likely N-dealkylation sites (N-methyl/N-ethyl adjacent to an activating group) is 1. The lowest BCUT2D eigenvalue weighted by atomic mass is 10.2. The molecule has 0 unspecified atom stereocenters. The number of aromatic amines is 2. The van der Waals surface area contributed by atoms with Crippen LogP contribution in [0.3, 0.4) is 0 Å². The van der Waals surface area contributed by atoms with Gasteiger partial charge in [0.25, 0.3) is 5.56 Å². The molecule has 1 aliphatic heterocycles. The molecule has 1 fully saturated rings. The van der Waals surface area contributed by atoms with Crippen molar-refractivity contribution in [3.63, 3.8) is 0 Å². The normalized spacial score (nSPS) is 15.7. The quantitative estimate of drug-likeness (QED) is 0.573. The Bertz CT molecular complexity index is 1190. The number of piperazine rings is 1. The number of H-pyrrole nitrogens is 2. The summed E-state index contributed by atoms with van der Waals surface area (Å²) in [4.78, 5) is 32.4. The molecular formula is C20H20N6O. The monoisotopic (exact) mass is 360 g/mol. The first-order chi connectivity index (χ1) is 13.2. The number of rotatable bonds is 2. The maximum Gasteiger partial charge on any atom is 0.278 e. The Labute approximate surface area is 155 Å². The highest BCUT2D eigenvalue weighted by Crippen LogP contribution is 2.24. The minimum atomic E-state index is -0.243. The van der Waals surface area contributed by atoms with Crippen LogP contribution in [-0.4, -0.2) is 58.1 Å². The lowest BCUT2D eigenvalue weighted by Gasteiger charge is -2.34. The van der Waals surface area contributed by atoms with Crippen LogP contribution < -0.4 is 10.5 Å². The predicted octanol–water partition coefficient (Wildman–Crippen LogP) is 2.22. The fourth-order valence-electron chi connectivity index (χ4n) is 3.56. The summed E-state index contributed by atoms with van der Waals surface area (Å²) in [6.45, 7) is 4.13. The van der Waals surface area contributed by atoms with Crippen LogP contribution in [0.15, 0.2) is 47.3 Å². The van der Waals surface area contributed by atoms with Gasteiger partial charge in [0.1, 0.15) is 0 Å². The minimum Gasteiger partial charge on any atom is -0.369 e. The zero-order valence-electron chi connectivity index (χ0n) is 15.1. The summed E-state index contributed by atoms with van der Waals surface area (Å²) in [6, 6.07) is 13.7. The number of imidazole rings is 1. The van der Waals surface area contributed by atoms with Crippen LogP contribution in [0.25, 0.3) is 33.6 Å². The van der Waals surface area contributed by atoms with Crippen LogP contribution in [0.5, 0.6) is 0 Å². The van der Waals surface area contributed by atoms with E-state index < -0.39 is 0 Å². The molecule has 2 aromatic heterocycles. The van der Waals surface area contributed by atoms with Gasteiger partial charge in [-0.2, -0.15) is 0 Å². The second-order valence-electron chi connectivity index (χ2n) is 7.01. The summed E-state index contributed by atoms with van der Waals surface area (Å²) in [5.74, 6) is 0.493. The highest BCUT2D eigenvalue weighted by atomic mass is 16.1. The van der Waals surface area contributed by atoms with E-state index in [-0.39, 0.29) is 5.56 Å². The van der Waals surface area contributed by atoms with Gasteiger partial charge in [0.2, 0.25) is 0 Å². The Morgan fingerprint density at radius 2 is 1.67 bits per heavy atom. The predicted molar refractivity (Wildman–Crippen MR) is 107 cm³/mol. The van der Waals surface area contributed by atoms with Gasteiger partial charge in [-0.15, -0.1) is 0 Å². The largest absolute Gasteiger partial charge is 0.369 e. The van der Waals surface area contributed by atoms with Crippen LogP contribution in [-0.2, 0) is 0 Å². The number of hydrogen-bond acceptors (Lipinski definition) is 5. The molecule has 0 amide bonds. The van der Waals surface area contributed by atoms with E-state index in [9.17, 15) is 4.79 Å². The molecule has 27 heavy (non-hydrogen) atoms. The van der Waals surface area contributed by atoms with Gasteiger partial charge in [0.05, 0.1) is 22.1 Å². The molecule has 7 nitrogen and oxygen atoms in total. The van der Waals surface area contributed by atoms with Gasteiger partial charge in [-0.1, -0.05) is 12.1 Å². The first-order valence-electron chi connectivity index (χ1n) is 9.10. The molecule has 0 saturated carbocycles. The summed E-state index contributed by atoms with van der Waals surface area (Å²) < 4.78 is 0. The number of benzene rings is 2. The van der Waals surface area contributed by atoms with Gasteiger partial charge >= 0.3 is 0 Å². The fraction of sp³-hybridized carbons (Fsp3) is 0.250. The third-order valence-electron chi connectivity index (χ3n) is 5.16. The number of fused-ring (bicyclic) bond motifs is 2. The second kappa shape index (κ2) is 6.21. The molecule has 0 bridgehead atoms. The van der Waals surface area contributed by atoms with E-state index in [1.807, 2.05) is 30.3 Å². The summed E-state index contributed by atoms with van der Waals surface area (Å²) in [5, 5.41) is 0. The fourth-order valence-corrected chi connectivity index (χ4v) is 3.56. The van der Waals surface area contributed by atoms with Crippen molar-refractivity contribution in [3.8, 4) is 11.5 Å². The van der Waals surface area contributed by atoms with E-state index in [1.54, 1.807) is 0 Å². The van der Waals surface area contributed by atoms with Crippen molar-refractivity contribution in [2.24, 2.45) is 0 Å². The third kappa shape index (κ3) is 2.86. The highest BCUT2D eigenvalue weighted by molar-refractivity contribution is 5.83. The molecule has 3 heterocycles. The zero-order chi connectivity index (χ0) is 18.4. The topological polar surface area (TPSA) is 80.9 Å². The smallest absolute Gasteiger partial charge is 0.278 e.